The van der Waals surface area contributed by atoms with Crippen molar-refractivity contribution in [2.45, 2.75) is 25.6 Å². The number of hydrogen-bond acceptors (Lipinski definition) is 2. The van der Waals surface area contributed by atoms with Crippen LogP contribution in [0.4, 0.5) is 13.2 Å². The van der Waals surface area contributed by atoms with E-state index in [1.807, 2.05) is 0 Å². The maximum Gasteiger partial charge on any atom is 0.417 e. The van der Waals surface area contributed by atoms with Crippen molar-refractivity contribution in [3.63, 3.8) is 0 Å². The quantitative estimate of drug-likeness (QED) is 0.829. The molecular weight excluding hydrogens is 231 g/mol. The molecule has 0 saturated carbocycles. The molecule has 1 aromatic carbocycles. The first-order valence-corrected chi connectivity index (χ1v) is 5.10. The molecule has 0 unspecified atom stereocenters. The summed E-state index contributed by atoms with van der Waals surface area (Å²) < 4.78 is 38.2. The van der Waals surface area contributed by atoms with Gasteiger partial charge in [0.05, 0.1) is 11.1 Å². The van der Waals surface area contributed by atoms with Crippen molar-refractivity contribution in [2.24, 2.45) is 0 Å². The lowest BCUT2D eigenvalue weighted by atomic mass is 9.90. The zero-order chi connectivity index (χ0) is 13.3. The van der Waals surface area contributed by atoms with E-state index in [-0.39, 0.29) is 5.56 Å². The van der Waals surface area contributed by atoms with Gasteiger partial charge in [0.15, 0.2) is 5.78 Å². The molecule has 5 heteroatoms. The van der Waals surface area contributed by atoms with Crippen molar-refractivity contribution < 1.29 is 18.0 Å². The molecule has 0 amide bonds. The number of halogens is 3. The molecule has 1 N–H and O–H groups in total. The fraction of sp³-hybridized carbons (Fsp3) is 0.417. The van der Waals surface area contributed by atoms with E-state index in [0.717, 1.165) is 6.07 Å². The highest BCUT2D eigenvalue weighted by molar-refractivity contribution is 6.03. The van der Waals surface area contributed by atoms with Crippen LogP contribution in [0, 0.1) is 0 Å². The van der Waals surface area contributed by atoms with E-state index >= 15 is 0 Å². The van der Waals surface area contributed by atoms with Crippen molar-refractivity contribution in [1.82, 2.24) is 5.32 Å². The second-order valence-corrected chi connectivity index (χ2v) is 4.25. The van der Waals surface area contributed by atoms with Gasteiger partial charge in [-0.25, -0.2) is 0 Å². The predicted octanol–water partition coefficient (Wildman–Crippen LogP) is 2.89. The van der Waals surface area contributed by atoms with Gasteiger partial charge in [-0.05, 0) is 27.0 Å². The van der Waals surface area contributed by atoms with Gasteiger partial charge in [0.25, 0.3) is 0 Å². The number of carbonyl (C=O) groups excluding carboxylic acids is 1. The number of carbonyl (C=O) groups is 1. The molecule has 1 rings (SSSR count). The maximum absolute atomic E-state index is 12.7. The van der Waals surface area contributed by atoms with Crippen LogP contribution in [-0.2, 0) is 6.18 Å². The highest BCUT2D eigenvalue weighted by Crippen LogP contribution is 2.33. The Morgan fingerprint density at radius 3 is 2.18 bits per heavy atom. The van der Waals surface area contributed by atoms with Crippen LogP contribution in [0.25, 0.3) is 0 Å². The second-order valence-electron chi connectivity index (χ2n) is 4.25. The Morgan fingerprint density at radius 2 is 1.71 bits per heavy atom. The third-order valence-electron chi connectivity index (χ3n) is 2.67. The summed E-state index contributed by atoms with van der Waals surface area (Å²) >= 11 is 0. The highest BCUT2D eigenvalue weighted by Gasteiger charge is 2.38. The monoisotopic (exact) mass is 245 g/mol. The maximum atomic E-state index is 12.7. The van der Waals surface area contributed by atoms with Gasteiger partial charge in [-0.2, -0.15) is 13.2 Å². The number of benzene rings is 1. The fourth-order valence-electron chi connectivity index (χ4n) is 1.38. The third kappa shape index (κ3) is 2.85. The summed E-state index contributed by atoms with van der Waals surface area (Å²) in [4.78, 5) is 12.0. The molecule has 0 saturated heterocycles. The summed E-state index contributed by atoms with van der Waals surface area (Å²) in [5.74, 6) is -0.576. The molecule has 0 bridgehead atoms. The lowest BCUT2D eigenvalue weighted by Crippen LogP contribution is -2.45. The molecule has 0 atom stereocenters. The molecular formula is C12H14F3NO. The smallest absolute Gasteiger partial charge is 0.308 e. The van der Waals surface area contributed by atoms with Crippen LogP contribution in [-0.4, -0.2) is 18.4 Å². The van der Waals surface area contributed by atoms with Crippen molar-refractivity contribution >= 4 is 5.78 Å². The van der Waals surface area contributed by atoms with Gasteiger partial charge >= 0.3 is 6.18 Å². The van der Waals surface area contributed by atoms with Gasteiger partial charge in [0.2, 0.25) is 0 Å². The molecule has 1 aromatic rings. The number of rotatable bonds is 3. The van der Waals surface area contributed by atoms with Crippen LogP contribution in [0.3, 0.4) is 0 Å². The number of hydrogen-bond donors (Lipinski definition) is 1. The molecule has 0 spiro atoms. The number of alkyl halides is 3. The molecule has 0 aliphatic carbocycles. The first-order chi connectivity index (χ1) is 7.70. The van der Waals surface area contributed by atoms with E-state index < -0.39 is 23.1 Å². The van der Waals surface area contributed by atoms with E-state index in [0.29, 0.717) is 0 Å². The normalized spacial score (nSPS) is 12.6. The minimum atomic E-state index is -4.52. The molecule has 0 fully saturated rings. The van der Waals surface area contributed by atoms with E-state index in [1.54, 1.807) is 13.8 Å². The van der Waals surface area contributed by atoms with Gasteiger partial charge in [-0.3, -0.25) is 4.79 Å². The zero-order valence-electron chi connectivity index (χ0n) is 9.85. The minimum absolute atomic E-state index is 0.306. The number of ketones is 1. The van der Waals surface area contributed by atoms with Gasteiger partial charge in [0.1, 0.15) is 0 Å². The van der Waals surface area contributed by atoms with E-state index in [2.05, 4.69) is 5.32 Å². The third-order valence-corrected chi connectivity index (χ3v) is 2.67. The SMILES string of the molecule is CNC(C)(C)C(=O)c1ccccc1C(F)(F)F. The summed E-state index contributed by atoms with van der Waals surface area (Å²) in [5.41, 5.74) is -2.23. The fourth-order valence-corrected chi connectivity index (χ4v) is 1.38. The lowest BCUT2D eigenvalue weighted by Gasteiger charge is -2.24. The van der Waals surface area contributed by atoms with Gasteiger partial charge in [0, 0.05) is 5.56 Å². The Hall–Kier alpha value is -1.36. The molecule has 0 aliphatic heterocycles. The largest absolute Gasteiger partial charge is 0.417 e. The first kappa shape index (κ1) is 13.7. The topological polar surface area (TPSA) is 29.1 Å². The van der Waals surface area contributed by atoms with E-state index in [1.165, 1.54) is 25.2 Å². The van der Waals surface area contributed by atoms with E-state index in [4.69, 9.17) is 0 Å². The number of likely N-dealkylation sites (N-methyl/N-ethyl adjacent to an activating group) is 1. The van der Waals surface area contributed by atoms with Gasteiger partial charge in [-0.1, -0.05) is 18.2 Å². The second kappa shape index (κ2) is 4.49. The standard InChI is InChI=1S/C12H14F3NO/c1-11(2,16-3)10(17)8-6-4-5-7-9(8)12(13,14)15/h4-7,16H,1-3H3. The van der Waals surface area contributed by atoms with Crippen LogP contribution in [0.1, 0.15) is 29.8 Å². The average molecular weight is 245 g/mol. The molecule has 94 valence electrons. The van der Waals surface area contributed by atoms with Crippen LogP contribution in [0.15, 0.2) is 24.3 Å². The predicted molar refractivity (Wildman–Crippen MR) is 58.9 cm³/mol. The molecule has 0 aliphatic rings. The van der Waals surface area contributed by atoms with Gasteiger partial charge in [-0.15, -0.1) is 0 Å². The van der Waals surface area contributed by atoms with Crippen molar-refractivity contribution in [3.8, 4) is 0 Å². The molecule has 0 radical (unpaired) electrons. The van der Waals surface area contributed by atoms with Crippen LogP contribution < -0.4 is 5.32 Å². The minimum Gasteiger partial charge on any atom is -0.308 e. The summed E-state index contributed by atoms with van der Waals surface area (Å²) in [6.07, 6.45) is -4.52. The summed E-state index contributed by atoms with van der Waals surface area (Å²) in [7, 11) is 1.54. The first-order valence-electron chi connectivity index (χ1n) is 5.10. The molecule has 0 heterocycles. The Morgan fingerprint density at radius 1 is 1.18 bits per heavy atom. The molecule has 0 aromatic heterocycles. The van der Waals surface area contributed by atoms with E-state index in [9.17, 15) is 18.0 Å². The van der Waals surface area contributed by atoms with Crippen LogP contribution in [0.5, 0.6) is 0 Å². The van der Waals surface area contributed by atoms with Crippen molar-refractivity contribution in [2.75, 3.05) is 7.05 Å². The molecule has 17 heavy (non-hydrogen) atoms. The zero-order valence-corrected chi connectivity index (χ0v) is 9.85. The Labute approximate surface area is 97.8 Å². The lowest BCUT2D eigenvalue weighted by molar-refractivity contribution is -0.137. The highest BCUT2D eigenvalue weighted by atomic mass is 19.4. The Balaban J connectivity index is 3.29. The Bertz CT molecular complexity index is 424. The summed E-state index contributed by atoms with van der Waals surface area (Å²) in [5, 5.41) is 2.70. The number of nitrogens with one attached hydrogen (secondary N) is 1. The van der Waals surface area contributed by atoms with Gasteiger partial charge < -0.3 is 5.32 Å². The van der Waals surface area contributed by atoms with Crippen LogP contribution >= 0.6 is 0 Å². The summed E-state index contributed by atoms with van der Waals surface area (Å²) in [6.45, 7) is 3.09. The molecule has 2 nitrogen and oxygen atoms in total. The average Bonchev–Trinajstić information content (AvgIpc) is 2.27. The van der Waals surface area contributed by atoms with Crippen LogP contribution in [0.2, 0.25) is 0 Å². The number of Topliss-reactive ketones (excluding diaryl/α,β-unsaturated/α-hetero) is 1. The Kier molecular flexibility index (Phi) is 3.62. The van der Waals surface area contributed by atoms with Crippen molar-refractivity contribution in [3.05, 3.63) is 35.4 Å². The summed E-state index contributed by atoms with van der Waals surface area (Å²) in [6, 6.07) is 4.81. The van der Waals surface area contributed by atoms with Crippen molar-refractivity contribution in [1.29, 1.82) is 0 Å².